The molecule has 1 saturated heterocycles. The van der Waals surface area contributed by atoms with Gasteiger partial charge in [-0.2, -0.15) is 0 Å². The molecule has 12 heteroatoms. The van der Waals surface area contributed by atoms with E-state index in [1.807, 2.05) is 0 Å². The van der Waals surface area contributed by atoms with Crippen molar-refractivity contribution in [1.29, 1.82) is 0 Å². The maximum Gasteiger partial charge on any atom is 0.302 e. The van der Waals surface area contributed by atoms with Gasteiger partial charge in [0.1, 0.15) is 60.3 Å². The first-order valence-corrected chi connectivity index (χ1v) is 10.4. The van der Waals surface area contributed by atoms with E-state index in [-0.39, 0.29) is 22.3 Å². The molecule has 3 aromatic rings. The Labute approximate surface area is 196 Å². The Morgan fingerprint density at radius 2 is 1.66 bits per heavy atom. The largest absolute Gasteiger partial charge is 0.507 e. The Morgan fingerprint density at radius 1 is 0.943 bits per heavy atom. The summed E-state index contributed by atoms with van der Waals surface area (Å²) in [6.45, 7) is 0.642. The molecule has 2 heterocycles. The minimum Gasteiger partial charge on any atom is -0.507 e. The Balaban J connectivity index is 1.86. The fourth-order valence-electron chi connectivity index (χ4n) is 3.99. The van der Waals surface area contributed by atoms with E-state index in [0.29, 0.717) is 0 Å². The number of ether oxygens (including phenoxy) is 2. The van der Waals surface area contributed by atoms with E-state index in [4.69, 9.17) is 13.9 Å². The third kappa shape index (κ3) is 4.23. The fraction of sp³-hybridized carbons (Fsp3) is 0.304. The molecule has 0 bridgehead atoms. The normalized spacial score (nSPS) is 24.4. The molecule has 1 aliphatic heterocycles. The molecule has 1 fully saturated rings. The van der Waals surface area contributed by atoms with Crippen molar-refractivity contribution in [3.8, 4) is 34.1 Å². The number of fused-ring (bicyclic) bond motifs is 1. The Morgan fingerprint density at radius 3 is 2.31 bits per heavy atom. The van der Waals surface area contributed by atoms with E-state index in [0.717, 1.165) is 31.4 Å². The first kappa shape index (κ1) is 24.3. The van der Waals surface area contributed by atoms with Crippen molar-refractivity contribution < 1.29 is 54.4 Å². The molecule has 0 amide bonds. The lowest BCUT2D eigenvalue weighted by Gasteiger charge is -2.40. The maximum atomic E-state index is 13.2. The molecular formula is C23H22O12. The number of aliphatic hydroxyl groups excluding tert-OH is 3. The highest BCUT2D eigenvalue weighted by molar-refractivity contribution is 5.91. The number of hydrogen-bond acceptors (Lipinski definition) is 12. The van der Waals surface area contributed by atoms with Gasteiger partial charge in [0.15, 0.2) is 17.1 Å². The van der Waals surface area contributed by atoms with Crippen LogP contribution in [0.5, 0.6) is 23.0 Å². The van der Waals surface area contributed by atoms with Crippen LogP contribution in [0, 0.1) is 0 Å². The standard InChI is InChI=1S/C23H22O12/c1-8(24)33-7-15-19(30)20(31)21(32)23(35-15)17-14(28)5-13(27)16-18(29)10(6-34-22(16)17)9-2-3-11(25)12(26)4-9/h2-6,15,19-21,23,25-28,30-32H,7H2,1H3/t15?,19-,20+,21?,23+/m1/s1. The van der Waals surface area contributed by atoms with E-state index in [1.165, 1.54) is 6.07 Å². The molecule has 12 nitrogen and oxygen atoms in total. The first-order chi connectivity index (χ1) is 16.5. The SMILES string of the molecule is CC(=O)OCC1O[C@@H](c2c(O)cc(O)c3c(=O)c(-c4ccc(O)c(O)c4)coc23)C(O)[C@@H](O)[C@@H]1O. The summed E-state index contributed by atoms with van der Waals surface area (Å²) < 4.78 is 16.0. The van der Waals surface area contributed by atoms with Crippen LogP contribution >= 0.6 is 0 Å². The van der Waals surface area contributed by atoms with Crippen molar-refractivity contribution in [2.45, 2.75) is 37.4 Å². The average Bonchev–Trinajstić information content (AvgIpc) is 2.79. The van der Waals surface area contributed by atoms with Crippen LogP contribution in [0.25, 0.3) is 22.1 Å². The lowest BCUT2D eigenvalue weighted by molar-refractivity contribution is -0.234. The van der Waals surface area contributed by atoms with E-state index in [1.54, 1.807) is 0 Å². The average molecular weight is 490 g/mol. The molecule has 0 saturated carbocycles. The summed E-state index contributed by atoms with van der Waals surface area (Å²) in [6.07, 6.45) is -7.14. The molecule has 4 rings (SSSR count). The quantitative estimate of drug-likeness (QED) is 0.195. The number of hydrogen-bond donors (Lipinski definition) is 7. The topological polar surface area (TPSA) is 207 Å². The van der Waals surface area contributed by atoms with Gasteiger partial charge in [-0.3, -0.25) is 9.59 Å². The number of rotatable bonds is 4. The number of phenols is 4. The third-order valence-electron chi connectivity index (χ3n) is 5.78. The van der Waals surface area contributed by atoms with E-state index in [9.17, 15) is 45.3 Å². The Kier molecular flexibility index (Phi) is 6.30. The van der Waals surface area contributed by atoms with E-state index < -0.39 is 76.9 Å². The van der Waals surface area contributed by atoms with Crippen LogP contribution in [-0.2, 0) is 14.3 Å². The number of esters is 1. The van der Waals surface area contributed by atoms with E-state index >= 15 is 0 Å². The molecular weight excluding hydrogens is 468 g/mol. The van der Waals surface area contributed by atoms with Gasteiger partial charge in [-0.25, -0.2) is 0 Å². The molecule has 35 heavy (non-hydrogen) atoms. The molecule has 2 unspecified atom stereocenters. The fourth-order valence-corrected chi connectivity index (χ4v) is 3.99. The van der Waals surface area contributed by atoms with Crippen molar-refractivity contribution in [3.63, 3.8) is 0 Å². The maximum absolute atomic E-state index is 13.2. The summed E-state index contributed by atoms with van der Waals surface area (Å²) in [5.74, 6) is -2.91. The number of carbonyl (C=O) groups excluding carboxylic acids is 1. The predicted molar refractivity (Wildman–Crippen MR) is 117 cm³/mol. The van der Waals surface area contributed by atoms with Crippen LogP contribution in [0.3, 0.4) is 0 Å². The highest BCUT2D eigenvalue weighted by Gasteiger charge is 2.46. The van der Waals surface area contributed by atoms with Crippen molar-refractivity contribution in [3.05, 3.63) is 46.3 Å². The molecule has 1 aromatic heterocycles. The van der Waals surface area contributed by atoms with Crippen LogP contribution in [0.2, 0.25) is 0 Å². The monoisotopic (exact) mass is 490 g/mol. The zero-order valence-corrected chi connectivity index (χ0v) is 18.2. The van der Waals surface area contributed by atoms with Gasteiger partial charge in [-0.1, -0.05) is 6.07 Å². The molecule has 0 aliphatic carbocycles. The van der Waals surface area contributed by atoms with Gasteiger partial charge in [0.2, 0.25) is 5.43 Å². The molecule has 5 atom stereocenters. The van der Waals surface area contributed by atoms with E-state index in [2.05, 4.69) is 0 Å². The van der Waals surface area contributed by atoms with Crippen LogP contribution in [0.15, 0.2) is 39.7 Å². The summed E-state index contributed by atoms with van der Waals surface area (Å²) in [6, 6.07) is 4.41. The molecule has 0 radical (unpaired) electrons. The zero-order chi connectivity index (χ0) is 25.6. The number of aromatic hydroxyl groups is 4. The highest BCUT2D eigenvalue weighted by Crippen LogP contribution is 2.43. The van der Waals surface area contributed by atoms with Gasteiger partial charge >= 0.3 is 5.97 Å². The van der Waals surface area contributed by atoms with Gasteiger partial charge in [0, 0.05) is 13.0 Å². The summed E-state index contributed by atoms with van der Waals surface area (Å²) in [5.41, 5.74) is -1.41. The van der Waals surface area contributed by atoms with Crippen molar-refractivity contribution in [1.82, 2.24) is 0 Å². The second-order valence-corrected chi connectivity index (χ2v) is 8.08. The summed E-state index contributed by atoms with van der Waals surface area (Å²) >= 11 is 0. The molecule has 7 N–H and O–H groups in total. The van der Waals surface area contributed by atoms with Gasteiger partial charge in [0.05, 0.1) is 11.1 Å². The molecule has 1 aliphatic rings. The number of aliphatic hydroxyl groups is 3. The highest BCUT2D eigenvalue weighted by atomic mass is 16.6. The van der Waals surface area contributed by atoms with Crippen molar-refractivity contribution >= 4 is 16.9 Å². The van der Waals surface area contributed by atoms with Gasteiger partial charge < -0.3 is 49.6 Å². The predicted octanol–water partition coefficient (Wildman–Crippen LogP) is 0.368. The molecule has 0 spiro atoms. The molecule has 186 valence electrons. The van der Waals surface area contributed by atoms with Gasteiger partial charge in [-0.15, -0.1) is 0 Å². The number of carbonyl (C=O) groups is 1. The first-order valence-electron chi connectivity index (χ1n) is 10.4. The number of benzene rings is 2. The Hall–Kier alpha value is -3.84. The van der Waals surface area contributed by atoms with Gasteiger partial charge in [-0.05, 0) is 17.7 Å². The van der Waals surface area contributed by atoms with Crippen molar-refractivity contribution in [2.75, 3.05) is 6.61 Å². The lowest BCUT2D eigenvalue weighted by Crippen LogP contribution is -2.55. The molecule has 2 aromatic carbocycles. The second kappa shape index (κ2) is 9.07. The van der Waals surface area contributed by atoms with Crippen LogP contribution in [0.4, 0.5) is 0 Å². The van der Waals surface area contributed by atoms with Gasteiger partial charge in [0.25, 0.3) is 0 Å². The minimum absolute atomic E-state index is 0.104. The van der Waals surface area contributed by atoms with Crippen molar-refractivity contribution in [2.24, 2.45) is 0 Å². The summed E-state index contributed by atoms with van der Waals surface area (Å²) in [5, 5.41) is 71.0. The van der Waals surface area contributed by atoms with Crippen LogP contribution in [0.1, 0.15) is 18.6 Å². The van der Waals surface area contributed by atoms with Crippen LogP contribution in [-0.4, -0.2) is 72.7 Å². The summed E-state index contributed by atoms with van der Waals surface area (Å²) in [4.78, 5) is 24.4. The zero-order valence-electron chi connectivity index (χ0n) is 18.2. The third-order valence-corrected chi connectivity index (χ3v) is 5.78. The minimum atomic E-state index is -1.81. The smallest absolute Gasteiger partial charge is 0.302 e. The second-order valence-electron chi connectivity index (χ2n) is 8.08. The Bertz CT molecular complexity index is 1350. The van der Waals surface area contributed by atoms with Crippen LogP contribution < -0.4 is 5.43 Å². The number of phenolic OH excluding ortho intramolecular Hbond substituents is 4. The lowest BCUT2D eigenvalue weighted by atomic mass is 9.89. The summed E-state index contributed by atoms with van der Waals surface area (Å²) in [7, 11) is 0.